The molecule has 1 heterocycles. The summed E-state index contributed by atoms with van der Waals surface area (Å²) in [6, 6.07) is 5.23. The zero-order chi connectivity index (χ0) is 17.0. The van der Waals surface area contributed by atoms with Crippen LogP contribution in [0.25, 0.3) is 10.9 Å². The highest BCUT2D eigenvalue weighted by molar-refractivity contribution is 7.85. The van der Waals surface area contributed by atoms with Crippen molar-refractivity contribution in [3.63, 3.8) is 0 Å². The van der Waals surface area contributed by atoms with Gasteiger partial charge in [0.15, 0.2) is 0 Å². The maximum atomic E-state index is 11.8. The molecule has 0 aliphatic carbocycles. The van der Waals surface area contributed by atoms with Crippen molar-refractivity contribution in [2.75, 3.05) is 19.5 Å². The van der Waals surface area contributed by atoms with Gasteiger partial charge in [0.2, 0.25) is 0 Å². The van der Waals surface area contributed by atoms with Crippen LogP contribution in [0.15, 0.2) is 24.4 Å². The van der Waals surface area contributed by atoms with Crippen LogP contribution in [0, 0.1) is 5.92 Å². The van der Waals surface area contributed by atoms with E-state index < -0.39 is 10.1 Å². The molecule has 0 aliphatic rings. The van der Waals surface area contributed by atoms with E-state index in [1.54, 1.807) is 29.9 Å². The predicted octanol–water partition coefficient (Wildman–Crippen LogP) is 1.83. The minimum Gasteiger partial charge on any atom is -0.462 e. The number of nitrogens with zero attached hydrogens (tertiary/aromatic N) is 2. The van der Waals surface area contributed by atoms with E-state index in [0.29, 0.717) is 18.7 Å². The summed E-state index contributed by atoms with van der Waals surface area (Å²) in [6.07, 6.45) is 2.73. The van der Waals surface area contributed by atoms with Gasteiger partial charge in [0.1, 0.15) is 0 Å². The second-order valence-corrected chi connectivity index (χ2v) is 7.06. The largest absolute Gasteiger partial charge is 0.462 e. The van der Waals surface area contributed by atoms with Crippen LogP contribution in [0.2, 0.25) is 0 Å². The molecule has 0 fully saturated rings. The van der Waals surface area contributed by atoms with Gasteiger partial charge in [0.25, 0.3) is 10.1 Å². The van der Waals surface area contributed by atoms with Crippen LogP contribution in [-0.4, -0.2) is 43.6 Å². The maximum Gasteiger partial charge on any atom is 0.338 e. The number of hydrogen-bond donors (Lipinski definition) is 0. The van der Waals surface area contributed by atoms with Gasteiger partial charge in [0, 0.05) is 17.8 Å². The Morgan fingerprint density at radius 2 is 2.13 bits per heavy atom. The SMILES string of the molecule is CCOC(=O)c1ccc2cnn(C[C@H](C)COS(C)(=O)=O)c2c1. The second kappa shape index (κ2) is 7.10. The summed E-state index contributed by atoms with van der Waals surface area (Å²) in [7, 11) is -3.46. The summed E-state index contributed by atoms with van der Waals surface area (Å²) >= 11 is 0. The number of hydrogen-bond acceptors (Lipinski definition) is 6. The lowest BCUT2D eigenvalue weighted by Gasteiger charge is -2.12. The van der Waals surface area contributed by atoms with Crippen LogP contribution in [0.3, 0.4) is 0 Å². The monoisotopic (exact) mass is 340 g/mol. The number of rotatable bonds is 7. The summed E-state index contributed by atoms with van der Waals surface area (Å²) in [6.45, 7) is 4.50. The van der Waals surface area contributed by atoms with Gasteiger partial charge >= 0.3 is 5.97 Å². The van der Waals surface area contributed by atoms with Gasteiger partial charge in [0.05, 0.1) is 36.7 Å². The number of benzene rings is 1. The number of carbonyl (C=O) groups excluding carboxylic acids is 1. The molecule has 7 nitrogen and oxygen atoms in total. The fraction of sp³-hybridized carbons (Fsp3) is 0.467. The number of fused-ring (bicyclic) bond motifs is 1. The van der Waals surface area contributed by atoms with Crippen LogP contribution in [-0.2, 0) is 25.6 Å². The first-order valence-corrected chi connectivity index (χ1v) is 9.09. The lowest BCUT2D eigenvalue weighted by atomic mass is 10.1. The molecule has 0 saturated heterocycles. The first-order valence-electron chi connectivity index (χ1n) is 7.27. The summed E-state index contributed by atoms with van der Waals surface area (Å²) in [5.41, 5.74) is 1.25. The second-order valence-electron chi connectivity index (χ2n) is 5.41. The Morgan fingerprint density at radius 3 is 2.78 bits per heavy atom. The Bertz CT molecular complexity index is 797. The summed E-state index contributed by atoms with van der Waals surface area (Å²) in [5.74, 6) is -0.435. The van der Waals surface area contributed by atoms with Crippen molar-refractivity contribution in [1.82, 2.24) is 9.78 Å². The molecule has 0 radical (unpaired) electrons. The topological polar surface area (TPSA) is 87.5 Å². The molecular weight excluding hydrogens is 320 g/mol. The van der Waals surface area contributed by atoms with Crippen molar-refractivity contribution < 1.29 is 22.1 Å². The summed E-state index contributed by atoms with van der Waals surface area (Å²) in [4.78, 5) is 11.8. The average Bonchev–Trinajstić information content (AvgIpc) is 2.87. The first-order chi connectivity index (χ1) is 10.8. The van der Waals surface area contributed by atoms with E-state index in [1.807, 2.05) is 13.0 Å². The lowest BCUT2D eigenvalue weighted by Crippen LogP contribution is -2.17. The molecule has 1 aromatic heterocycles. The first kappa shape index (κ1) is 17.4. The van der Waals surface area contributed by atoms with Gasteiger partial charge in [-0.15, -0.1) is 0 Å². The predicted molar refractivity (Wildman–Crippen MR) is 85.6 cm³/mol. The standard InChI is InChI=1S/C15H20N2O5S/c1-4-21-15(18)12-5-6-13-8-16-17(14(13)7-12)9-11(2)10-22-23(3,19)20/h5-8,11H,4,9-10H2,1-3H3/t11-/m0/s1. The van der Waals surface area contributed by atoms with Crippen LogP contribution >= 0.6 is 0 Å². The quantitative estimate of drug-likeness (QED) is 0.564. The van der Waals surface area contributed by atoms with Gasteiger partial charge in [-0.25, -0.2) is 4.79 Å². The molecular formula is C15H20N2O5S. The molecule has 0 aliphatic heterocycles. The third-order valence-corrected chi connectivity index (χ3v) is 3.77. The summed E-state index contributed by atoms with van der Waals surface area (Å²) in [5, 5.41) is 5.18. The number of esters is 1. The van der Waals surface area contributed by atoms with Crippen LogP contribution in [0.5, 0.6) is 0 Å². The van der Waals surface area contributed by atoms with E-state index in [0.717, 1.165) is 17.2 Å². The highest BCUT2D eigenvalue weighted by Crippen LogP contribution is 2.18. The van der Waals surface area contributed by atoms with Crippen molar-refractivity contribution in [3.05, 3.63) is 30.0 Å². The van der Waals surface area contributed by atoms with Crippen LogP contribution in [0.4, 0.5) is 0 Å². The Kier molecular flexibility index (Phi) is 5.38. The van der Waals surface area contributed by atoms with E-state index in [4.69, 9.17) is 8.92 Å². The number of aromatic nitrogens is 2. The summed E-state index contributed by atoms with van der Waals surface area (Å²) < 4.78 is 33.6. The Morgan fingerprint density at radius 1 is 1.39 bits per heavy atom. The Balaban J connectivity index is 2.17. The zero-order valence-corrected chi connectivity index (χ0v) is 14.2. The molecule has 0 bridgehead atoms. The van der Waals surface area contributed by atoms with E-state index >= 15 is 0 Å². The third kappa shape index (κ3) is 4.77. The molecule has 0 amide bonds. The highest BCUT2D eigenvalue weighted by atomic mass is 32.2. The molecule has 0 unspecified atom stereocenters. The van der Waals surface area contributed by atoms with Gasteiger partial charge < -0.3 is 4.74 Å². The van der Waals surface area contributed by atoms with Gasteiger partial charge in [-0.3, -0.25) is 8.86 Å². The minimum atomic E-state index is -3.46. The molecule has 1 atom stereocenters. The molecule has 0 spiro atoms. The van der Waals surface area contributed by atoms with Gasteiger partial charge in [-0.05, 0) is 19.1 Å². The fourth-order valence-corrected chi connectivity index (χ4v) is 2.62. The molecule has 2 aromatic rings. The minimum absolute atomic E-state index is 0.0564. The van der Waals surface area contributed by atoms with E-state index in [1.165, 1.54) is 0 Å². The molecule has 23 heavy (non-hydrogen) atoms. The Labute approximate surface area is 135 Å². The smallest absolute Gasteiger partial charge is 0.338 e. The molecule has 0 saturated carbocycles. The van der Waals surface area contributed by atoms with Gasteiger partial charge in [-0.1, -0.05) is 13.0 Å². The lowest BCUT2D eigenvalue weighted by molar-refractivity contribution is 0.0526. The van der Waals surface area contributed by atoms with E-state index in [2.05, 4.69) is 5.10 Å². The average molecular weight is 340 g/mol. The van der Waals surface area contributed by atoms with Crippen molar-refractivity contribution in [2.45, 2.75) is 20.4 Å². The maximum absolute atomic E-state index is 11.8. The van der Waals surface area contributed by atoms with Crippen molar-refractivity contribution in [1.29, 1.82) is 0 Å². The zero-order valence-electron chi connectivity index (χ0n) is 13.4. The van der Waals surface area contributed by atoms with Crippen molar-refractivity contribution in [3.8, 4) is 0 Å². The van der Waals surface area contributed by atoms with Crippen LogP contribution in [0.1, 0.15) is 24.2 Å². The molecule has 126 valence electrons. The molecule has 8 heteroatoms. The number of carbonyl (C=O) groups is 1. The van der Waals surface area contributed by atoms with Crippen molar-refractivity contribution in [2.24, 2.45) is 5.92 Å². The third-order valence-electron chi connectivity index (χ3n) is 3.21. The van der Waals surface area contributed by atoms with Crippen molar-refractivity contribution >= 4 is 27.0 Å². The normalized spacial score (nSPS) is 13.2. The Hall–Kier alpha value is -1.93. The molecule has 1 aromatic carbocycles. The fourth-order valence-electron chi connectivity index (χ4n) is 2.15. The molecule has 2 rings (SSSR count). The van der Waals surface area contributed by atoms with E-state index in [-0.39, 0.29) is 18.5 Å². The highest BCUT2D eigenvalue weighted by Gasteiger charge is 2.13. The molecule has 0 N–H and O–H groups in total. The van der Waals surface area contributed by atoms with E-state index in [9.17, 15) is 13.2 Å². The van der Waals surface area contributed by atoms with Gasteiger partial charge in [-0.2, -0.15) is 13.5 Å². The number of ether oxygens (including phenoxy) is 1. The van der Waals surface area contributed by atoms with Crippen LogP contribution < -0.4 is 0 Å².